The Kier molecular flexibility index (Phi) is 11.2. The second kappa shape index (κ2) is 13.8. The summed E-state index contributed by atoms with van der Waals surface area (Å²) in [5, 5.41) is 11.5. The Morgan fingerprint density at radius 1 is 0.848 bits per heavy atom. The first-order chi connectivity index (χ1) is 15.9. The molecule has 8 nitrogen and oxygen atoms in total. The lowest BCUT2D eigenvalue weighted by Crippen LogP contribution is -2.46. The van der Waals surface area contributed by atoms with Crippen LogP contribution in [0.1, 0.15) is 37.6 Å². The number of rotatable bonds is 14. The third kappa shape index (κ3) is 8.69. The van der Waals surface area contributed by atoms with Crippen LogP contribution in [-0.4, -0.2) is 55.2 Å². The molecule has 33 heavy (non-hydrogen) atoms. The SMILES string of the molecule is CCO[Si](CCCNC(=O)c1ccc(N=Nc2ccc(N(C)C)cc2)cc1)(OCC)OCC. The Hall–Kier alpha value is -2.59. The Morgan fingerprint density at radius 3 is 1.79 bits per heavy atom. The summed E-state index contributed by atoms with van der Waals surface area (Å²) in [6, 6.07) is 15.5. The first-order valence-electron chi connectivity index (χ1n) is 11.4. The van der Waals surface area contributed by atoms with Gasteiger partial charge >= 0.3 is 8.80 Å². The molecule has 2 aromatic carbocycles. The minimum absolute atomic E-state index is 0.130. The molecule has 0 aliphatic carbocycles. The molecule has 0 aliphatic heterocycles. The number of carbonyl (C=O) groups is 1. The van der Waals surface area contributed by atoms with Crippen molar-refractivity contribution in [3.05, 3.63) is 54.1 Å². The van der Waals surface area contributed by atoms with Crippen LogP contribution in [0.3, 0.4) is 0 Å². The second-order valence-corrected chi connectivity index (χ2v) is 10.2. The van der Waals surface area contributed by atoms with Crippen molar-refractivity contribution in [1.29, 1.82) is 0 Å². The maximum Gasteiger partial charge on any atom is 0.500 e. The molecular formula is C24H36N4O4Si. The largest absolute Gasteiger partial charge is 0.500 e. The van der Waals surface area contributed by atoms with E-state index in [1.165, 1.54) is 0 Å². The maximum absolute atomic E-state index is 12.5. The molecule has 2 aromatic rings. The summed E-state index contributed by atoms with van der Waals surface area (Å²) in [5.74, 6) is -0.130. The summed E-state index contributed by atoms with van der Waals surface area (Å²) in [5.41, 5.74) is 3.13. The Bertz CT molecular complexity index is 856. The Labute approximate surface area is 198 Å². The molecule has 0 bridgehead atoms. The van der Waals surface area contributed by atoms with Crippen molar-refractivity contribution in [2.24, 2.45) is 10.2 Å². The van der Waals surface area contributed by atoms with Gasteiger partial charge in [0.05, 0.1) is 11.4 Å². The number of nitrogens with zero attached hydrogens (tertiary/aromatic N) is 3. The maximum atomic E-state index is 12.5. The van der Waals surface area contributed by atoms with Gasteiger partial charge in [-0.2, -0.15) is 10.2 Å². The van der Waals surface area contributed by atoms with Crippen LogP contribution in [0.25, 0.3) is 0 Å². The summed E-state index contributed by atoms with van der Waals surface area (Å²) in [7, 11) is 1.31. The molecule has 9 heteroatoms. The highest BCUT2D eigenvalue weighted by Crippen LogP contribution is 2.22. The molecule has 2 rings (SSSR count). The molecule has 180 valence electrons. The summed E-state index contributed by atoms with van der Waals surface area (Å²) >= 11 is 0. The number of anilines is 1. The first kappa shape index (κ1) is 26.7. The zero-order chi connectivity index (χ0) is 24.1. The lowest BCUT2D eigenvalue weighted by Gasteiger charge is -2.28. The van der Waals surface area contributed by atoms with Crippen molar-refractivity contribution in [1.82, 2.24) is 5.32 Å². The summed E-state index contributed by atoms with van der Waals surface area (Å²) < 4.78 is 17.5. The highest BCUT2D eigenvalue weighted by Gasteiger charge is 2.39. The molecule has 1 amide bonds. The number of azo groups is 1. The number of carbonyl (C=O) groups excluding carboxylic acids is 1. The zero-order valence-electron chi connectivity index (χ0n) is 20.3. The van der Waals surface area contributed by atoms with Gasteiger partial charge in [0.2, 0.25) is 0 Å². The summed E-state index contributed by atoms with van der Waals surface area (Å²) in [6.45, 7) is 7.96. The molecular weight excluding hydrogens is 436 g/mol. The van der Waals surface area contributed by atoms with Crippen LogP contribution in [0.4, 0.5) is 17.1 Å². The highest BCUT2D eigenvalue weighted by molar-refractivity contribution is 6.60. The quantitative estimate of drug-likeness (QED) is 0.228. The van der Waals surface area contributed by atoms with E-state index in [9.17, 15) is 4.79 Å². The zero-order valence-corrected chi connectivity index (χ0v) is 21.3. The van der Waals surface area contributed by atoms with Crippen molar-refractivity contribution in [3.63, 3.8) is 0 Å². The molecule has 0 spiro atoms. The van der Waals surface area contributed by atoms with E-state index in [2.05, 4.69) is 15.5 Å². The van der Waals surface area contributed by atoms with Crippen LogP contribution in [0, 0.1) is 0 Å². The topological polar surface area (TPSA) is 84.8 Å². The van der Waals surface area contributed by atoms with E-state index in [1.54, 1.807) is 24.3 Å². The van der Waals surface area contributed by atoms with Gasteiger partial charge in [0.25, 0.3) is 5.91 Å². The monoisotopic (exact) mass is 472 g/mol. The van der Waals surface area contributed by atoms with Crippen LogP contribution in [-0.2, 0) is 13.3 Å². The van der Waals surface area contributed by atoms with E-state index in [0.29, 0.717) is 43.7 Å². The average Bonchev–Trinajstić information content (AvgIpc) is 2.81. The van der Waals surface area contributed by atoms with Crippen molar-refractivity contribution in [3.8, 4) is 0 Å². The van der Waals surface area contributed by atoms with Gasteiger partial charge < -0.3 is 23.5 Å². The number of nitrogens with one attached hydrogen (secondary N) is 1. The van der Waals surface area contributed by atoms with E-state index in [0.717, 1.165) is 17.8 Å². The van der Waals surface area contributed by atoms with Gasteiger partial charge in [-0.3, -0.25) is 4.79 Å². The van der Waals surface area contributed by atoms with Crippen LogP contribution >= 0.6 is 0 Å². The minimum Gasteiger partial charge on any atom is -0.378 e. The fourth-order valence-electron chi connectivity index (χ4n) is 3.22. The van der Waals surface area contributed by atoms with E-state index in [1.807, 2.05) is 64.0 Å². The Morgan fingerprint density at radius 2 is 1.33 bits per heavy atom. The fraction of sp³-hybridized carbons (Fsp3) is 0.458. The van der Waals surface area contributed by atoms with E-state index in [-0.39, 0.29) is 5.91 Å². The Balaban J connectivity index is 1.85. The lowest BCUT2D eigenvalue weighted by molar-refractivity contribution is 0.0705. The van der Waals surface area contributed by atoms with E-state index in [4.69, 9.17) is 13.3 Å². The molecule has 0 atom stereocenters. The highest BCUT2D eigenvalue weighted by atomic mass is 28.4. The predicted molar refractivity (Wildman–Crippen MR) is 134 cm³/mol. The third-order valence-corrected chi connectivity index (χ3v) is 7.97. The first-order valence-corrected chi connectivity index (χ1v) is 13.4. The predicted octanol–water partition coefficient (Wildman–Crippen LogP) is 5.34. The molecule has 0 radical (unpaired) electrons. The van der Waals surface area contributed by atoms with Gasteiger partial charge in [-0.1, -0.05) is 0 Å². The second-order valence-electron chi connectivity index (χ2n) is 7.50. The van der Waals surface area contributed by atoms with Crippen LogP contribution in [0.5, 0.6) is 0 Å². The van der Waals surface area contributed by atoms with Crippen molar-refractivity contribution in [2.75, 3.05) is 45.4 Å². The molecule has 0 saturated heterocycles. The number of amides is 1. The molecule has 1 N–H and O–H groups in total. The van der Waals surface area contributed by atoms with Gasteiger partial charge in [-0.15, -0.1) is 0 Å². The molecule has 0 aliphatic rings. The number of hydrogen-bond donors (Lipinski definition) is 1. The smallest absolute Gasteiger partial charge is 0.378 e. The van der Waals surface area contributed by atoms with Crippen LogP contribution in [0.15, 0.2) is 58.8 Å². The van der Waals surface area contributed by atoms with E-state index >= 15 is 0 Å². The number of benzene rings is 2. The molecule has 0 saturated carbocycles. The van der Waals surface area contributed by atoms with Gasteiger partial charge in [0.1, 0.15) is 0 Å². The van der Waals surface area contributed by atoms with Gasteiger partial charge in [0, 0.05) is 57.8 Å². The van der Waals surface area contributed by atoms with Crippen LogP contribution < -0.4 is 10.2 Å². The van der Waals surface area contributed by atoms with Crippen molar-refractivity contribution >= 4 is 31.8 Å². The molecule has 0 fully saturated rings. The average molecular weight is 473 g/mol. The summed E-state index contributed by atoms with van der Waals surface area (Å²) in [4.78, 5) is 14.5. The van der Waals surface area contributed by atoms with Gasteiger partial charge in [0.15, 0.2) is 0 Å². The lowest BCUT2D eigenvalue weighted by atomic mass is 10.2. The van der Waals surface area contributed by atoms with Crippen molar-refractivity contribution in [2.45, 2.75) is 33.2 Å². The normalized spacial score (nSPS) is 11.7. The number of hydrogen-bond acceptors (Lipinski definition) is 7. The molecule has 0 aromatic heterocycles. The molecule has 0 heterocycles. The van der Waals surface area contributed by atoms with Gasteiger partial charge in [-0.25, -0.2) is 0 Å². The van der Waals surface area contributed by atoms with Crippen LogP contribution in [0.2, 0.25) is 6.04 Å². The fourth-order valence-corrected chi connectivity index (χ4v) is 5.83. The summed E-state index contributed by atoms with van der Waals surface area (Å²) in [6.07, 6.45) is 0.719. The van der Waals surface area contributed by atoms with Crippen molar-refractivity contribution < 1.29 is 18.1 Å². The van der Waals surface area contributed by atoms with Gasteiger partial charge in [-0.05, 0) is 75.7 Å². The minimum atomic E-state index is -2.68. The molecule has 0 unspecified atom stereocenters. The van der Waals surface area contributed by atoms with E-state index < -0.39 is 8.80 Å². The third-order valence-electron chi connectivity index (χ3n) is 4.81. The standard InChI is InChI=1S/C24H36N4O4Si/c1-6-30-33(31-7-2,32-8-3)19-9-18-25-24(29)20-10-12-21(13-11-20)26-27-22-14-16-23(17-15-22)28(4)5/h10-17H,6-9,18-19H2,1-5H3,(H,25,29).